The Bertz CT molecular complexity index is 494. The summed E-state index contributed by atoms with van der Waals surface area (Å²) in [5, 5.41) is 7.38. The molecule has 0 fully saturated rings. The number of hydrogen-bond acceptors (Lipinski definition) is 5. The second-order valence-electron chi connectivity index (χ2n) is 3.14. The quantitative estimate of drug-likeness (QED) is 0.795. The van der Waals surface area contributed by atoms with Crippen molar-refractivity contribution in [3.8, 4) is 0 Å². The normalized spacial score (nSPS) is 10.4. The first-order valence-corrected chi connectivity index (χ1v) is 5.14. The zero-order valence-corrected chi connectivity index (χ0v) is 9.44. The summed E-state index contributed by atoms with van der Waals surface area (Å²) >= 11 is 5.78. The van der Waals surface area contributed by atoms with E-state index in [1.54, 1.807) is 10.9 Å². The Morgan fingerprint density at radius 1 is 1.50 bits per heavy atom. The highest BCUT2D eigenvalue weighted by atomic mass is 35.5. The van der Waals surface area contributed by atoms with Crippen LogP contribution in [0.4, 0.5) is 17.2 Å². The van der Waals surface area contributed by atoms with Gasteiger partial charge in [-0.1, -0.05) is 11.6 Å². The third-order valence-electron chi connectivity index (χ3n) is 2.06. The second kappa shape index (κ2) is 4.36. The van der Waals surface area contributed by atoms with Crippen molar-refractivity contribution in [3.05, 3.63) is 23.9 Å². The van der Waals surface area contributed by atoms with E-state index in [0.29, 0.717) is 11.5 Å². The van der Waals surface area contributed by atoms with Gasteiger partial charge in [0.1, 0.15) is 12.0 Å². The van der Waals surface area contributed by atoms with Crippen LogP contribution in [-0.4, -0.2) is 19.7 Å². The lowest BCUT2D eigenvalue weighted by Gasteiger charge is -2.05. The third kappa shape index (κ3) is 2.06. The number of nitrogens with two attached hydrogens (primary N) is 1. The Balaban J connectivity index is 2.23. The van der Waals surface area contributed by atoms with Crippen LogP contribution < -0.4 is 11.1 Å². The molecule has 0 aliphatic rings. The van der Waals surface area contributed by atoms with E-state index in [-0.39, 0.29) is 5.15 Å². The molecule has 2 rings (SSSR count). The summed E-state index contributed by atoms with van der Waals surface area (Å²) in [5.74, 6) is 0.482. The smallest absolute Gasteiger partial charge is 0.158 e. The van der Waals surface area contributed by atoms with Gasteiger partial charge in [0, 0.05) is 12.7 Å². The van der Waals surface area contributed by atoms with Crippen LogP contribution in [0.15, 0.2) is 18.7 Å². The van der Waals surface area contributed by atoms with Crippen LogP contribution >= 0.6 is 11.6 Å². The van der Waals surface area contributed by atoms with Gasteiger partial charge >= 0.3 is 0 Å². The average Bonchev–Trinajstić information content (AvgIpc) is 2.73. The van der Waals surface area contributed by atoms with Crippen LogP contribution in [0.3, 0.4) is 0 Å². The molecule has 0 spiro atoms. The number of nitrogen functional groups attached to an aromatic ring is 1. The van der Waals surface area contributed by atoms with Crippen molar-refractivity contribution in [1.82, 2.24) is 19.7 Å². The van der Waals surface area contributed by atoms with E-state index < -0.39 is 0 Å². The lowest BCUT2D eigenvalue weighted by Crippen LogP contribution is -2.00. The van der Waals surface area contributed by atoms with Crippen molar-refractivity contribution in [2.45, 2.75) is 13.5 Å². The molecule has 7 heteroatoms. The Labute approximate surface area is 97.5 Å². The number of nitrogens with zero attached hydrogens (tertiary/aromatic N) is 4. The molecule has 84 valence electrons. The molecule has 0 aliphatic heterocycles. The maximum atomic E-state index is 5.78. The lowest BCUT2D eigenvalue weighted by molar-refractivity contribution is 0.660. The fraction of sp³-hybridized carbons (Fsp3) is 0.222. The summed E-state index contributed by atoms with van der Waals surface area (Å²) < 4.78 is 1.79. The van der Waals surface area contributed by atoms with Gasteiger partial charge in [-0.3, -0.25) is 4.68 Å². The van der Waals surface area contributed by atoms with Gasteiger partial charge in [-0.2, -0.15) is 5.10 Å². The topological polar surface area (TPSA) is 81.7 Å². The molecule has 2 heterocycles. The molecular weight excluding hydrogens is 228 g/mol. The maximum Gasteiger partial charge on any atom is 0.158 e. The van der Waals surface area contributed by atoms with Gasteiger partial charge in [-0.15, -0.1) is 0 Å². The molecule has 3 N–H and O–H groups in total. The molecular formula is C9H11ClN6. The number of aryl methyl sites for hydroxylation is 1. The predicted octanol–water partition coefficient (Wildman–Crippen LogP) is 1.67. The standard InChI is InChI=1S/C9H11ClN6/c1-2-16-4-6(3-14-16)15-9-7(11)8(10)12-5-13-9/h3-5H,2,11H2,1H3,(H,12,13,15). The number of halogens is 1. The van der Waals surface area contributed by atoms with E-state index in [9.17, 15) is 0 Å². The van der Waals surface area contributed by atoms with Crippen molar-refractivity contribution in [2.75, 3.05) is 11.1 Å². The summed E-state index contributed by atoms with van der Waals surface area (Å²) in [6.07, 6.45) is 4.90. The zero-order valence-electron chi connectivity index (χ0n) is 8.68. The van der Waals surface area contributed by atoms with E-state index in [2.05, 4.69) is 20.4 Å². The van der Waals surface area contributed by atoms with E-state index in [4.69, 9.17) is 17.3 Å². The highest BCUT2D eigenvalue weighted by Gasteiger charge is 2.06. The van der Waals surface area contributed by atoms with Crippen LogP contribution in [0.2, 0.25) is 5.15 Å². The fourth-order valence-corrected chi connectivity index (χ4v) is 1.34. The van der Waals surface area contributed by atoms with Gasteiger partial charge in [0.05, 0.1) is 11.9 Å². The van der Waals surface area contributed by atoms with Crippen molar-refractivity contribution in [2.24, 2.45) is 0 Å². The van der Waals surface area contributed by atoms with Crippen LogP contribution in [0.25, 0.3) is 0 Å². The largest absolute Gasteiger partial charge is 0.393 e. The molecule has 0 bridgehead atoms. The van der Waals surface area contributed by atoms with Crippen LogP contribution in [-0.2, 0) is 6.54 Å². The molecule has 2 aromatic heterocycles. The highest BCUT2D eigenvalue weighted by molar-refractivity contribution is 6.32. The van der Waals surface area contributed by atoms with E-state index >= 15 is 0 Å². The van der Waals surface area contributed by atoms with Crippen molar-refractivity contribution in [3.63, 3.8) is 0 Å². The average molecular weight is 239 g/mol. The van der Waals surface area contributed by atoms with E-state index in [1.807, 2.05) is 13.1 Å². The molecule has 0 unspecified atom stereocenters. The molecule has 0 aliphatic carbocycles. The highest BCUT2D eigenvalue weighted by Crippen LogP contribution is 2.24. The molecule has 0 aromatic carbocycles. The van der Waals surface area contributed by atoms with Gasteiger partial charge in [-0.05, 0) is 6.92 Å². The number of hydrogen-bond donors (Lipinski definition) is 2. The molecule has 0 radical (unpaired) electrons. The summed E-state index contributed by atoms with van der Waals surface area (Å²) in [4.78, 5) is 7.77. The van der Waals surface area contributed by atoms with Crippen molar-refractivity contribution in [1.29, 1.82) is 0 Å². The maximum absolute atomic E-state index is 5.78. The molecule has 0 saturated heterocycles. The molecule has 2 aromatic rings. The van der Waals surface area contributed by atoms with Crippen molar-refractivity contribution >= 4 is 28.8 Å². The molecule has 0 amide bonds. The summed E-state index contributed by atoms with van der Waals surface area (Å²) in [7, 11) is 0. The van der Waals surface area contributed by atoms with Gasteiger partial charge in [-0.25, -0.2) is 9.97 Å². The Kier molecular flexibility index (Phi) is 2.91. The lowest BCUT2D eigenvalue weighted by atomic mass is 10.4. The SMILES string of the molecule is CCn1cc(Nc2ncnc(Cl)c2N)cn1. The Morgan fingerprint density at radius 3 is 3.00 bits per heavy atom. The number of rotatable bonds is 3. The first-order chi connectivity index (χ1) is 7.70. The van der Waals surface area contributed by atoms with Gasteiger partial charge in [0.15, 0.2) is 11.0 Å². The Morgan fingerprint density at radius 2 is 2.31 bits per heavy atom. The zero-order chi connectivity index (χ0) is 11.5. The molecule has 6 nitrogen and oxygen atoms in total. The Hall–Kier alpha value is -1.82. The first-order valence-electron chi connectivity index (χ1n) is 4.76. The second-order valence-corrected chi connectivity index (χ2v) is 3.49. The summed E-state index contributed by atoms with van der Waals surface area (Å²) in [6.45, 7) is 2.81. The monoisotopic (exact) mass is 238 g/mol. The fourth-order valence-electron chi connectivity index (χ4n) is 1.21. The number of aromatic nitrogens is 4. The first kappa shape index (κ1) is 10.7. The van der Waals surface area contributed by atoms with Crippen LogP contribution in [0.5, 0.6) is 0 Å². The van der Waals surface area contributed by atoms with Gasteiger partial charge < -0.3 is 11.1 Å². The summed E-state index contributed by atoms with van der Waals surface area (Å²) in [6, 6.07) is 0. The van der Waals surface area contributed by atoms with Gasteiger partial charge in [0.25, 0.3) is 0 Å². The van der Waals surface area contributed by atoms with E-state index in [1.165, 1.54) is 6.33 Å². The minimum Gasteiger partial charge on any atom is -0.393 e. The number of anilines is 3. The van der Waals surface area contributed by atoms with Gasteiger partial charge in [0.2, 0.25) is 0 Å². The molecule has 0 saturated carbocycles. The van der Waals surface area contributed by atoms with Crippen molar-refractivity contribution < 1.29 is 0 Å². The third-order valence-corrected chi connectivity index (χ3v) is 2.36. The van der Waals surface area contributed by atoms with E-state index in [0.717, 1.165) is 12.2 Å². The minimum atomic E-state index is 0.236. The van der Waals surface area contributed by atoms with Crippen LogP contribution in [0, 0.1) is 0 Å². The minimum absolute atomic E-state index is 0.236. The molecule has 0 atom stereocenters. The van der Waals surface area contributed by atoms with Crippen LogP contribution in [0.1, 0.15) is 6.92 Å². The predicted molar refractivity (Wildman–Crippen MR) is 62.6 cm³/mol. The molecule has 16 heavy (non-hydrogen) atoms. The summed E-state index contributed by atoms with van der Waals surface area (Å²) in [5.41, 5.74) is 6.86. The number of nitrogens with one attached hydrogen (secondary N) is 1.